The third-order valence-electron chi connectivity index (χ3n) is 4.78. The molecule has 0 bridgehead atoms. The van der Waals surface area contributed by atoms with Gasteiger partial charge in [0.2, 0.25) is 0 Å². The molecule has 1 aliphatic heterocycles. The summed E-state index contributed by atoms with van der Waals surface area (Å²) in [6, 6.07) is 2.59. The first-order valence-electron chi connectivity index (χ1n) is 9.18. The molecular weight excluding hydrogens is 380 g/mol. The molecule has 0 aliphatic carbocycles. The Morgan fingerprint density at radius 1 is 1.34 bits per heavy atom. The van der Waals surface area contributed by atoms with Crippen molar-refractivity contribution in [3.05, 3.63) is 34.2 Å². The number of aromatic hydroxyl groups is 1. The summed E-state index contributed by atoms with van der Waals surface area (Å²) >= 11 is 0. The number of pyridine rings is 2. The molecule has 1 atom stereocenters. The number of fused-ring (bicyclic) bond motifs is 1. The van der Waals surface area contributed by atoms with Crippen molar-refractivity contribution in [3.8, 4) is 5.75 Å². The van der Waals surface area contributed by atoms with Crippen LogP contribution in [-0.2, 0) is 4.74 Å². The molecule has 3 heterocycles. The Bertz CT molecular complexity index is 1030. The fourth-order valence-electron chi connectivity index (χ4n) is 3.27. The number of hydrogen-bond donors (Lipinski definition) is 2. The number of ether oxygens (including phenoxy) is 1. The summed E-state index contributed by atoms with van der Waals surface area (Å²) in [5, 5.41) is 20.6. The second-order valence-electron chi connectivity index (χ2n) is 8.00. The SMILES string of the molecule is CN(C(=O)c1c(O)c2cccnc2n(O)c1=O)C1CCN(C(=O)OC(C)(C)C)C1. The van der Waals surface area contributed by atoms with E-state index in [2.05, 4.69) is 4.98 Å². The smallest absolute Gasteiger partial charge is 0.410 e. The Labute approximate surface area is 166 Å². The lowest BCUT2D eigenvalue weighted by Gasteiger charge is -2.27. The maximum atomic E-state index is 13.0. The van der Waals surface area contributed by atoms with Gasteiger partial charge in [0.25, 0.3) is 5.91 Å². The lowest BCUT2D eigenvalue weighted by molar-refractivity contribution is 0.0279. The van der Waals surface area contributed by atoms with Crippen LogP contribution in [0.3, 0.4) is 0 Å². The molecule has 1 saturated heterocycles. The summed E-state index contributed by atoms with van der Waals surface area (Å²) in [7, 11) is 1.49. The van der Waals surface area contributed by atoms with Gasteiger partial charge < -0.3 is 24.9 Å². The van der Waals surface area contributed by atoms with Gasteiger partial charge in [0.15, 0.2) is 11.2 Å². The zero-order valence-corrected chi connectivity index (χ0v) is 16.7. The molecule has 2 aromatic rings. The molecule has 29 heavy (non-hydrogen) atoms. The summed E-state index contributed by atoms with van der Waals surface area (Å²) < 4.78 is 5.59. The highest BCUT2D eigenvalue weighted by Crippen LogP contribution is 2.26. The molecule has 10 nitrogen and oxygen atoms in total. The van der Waals surface area contributed by atoms with Gasteiger partial charge in [-0.25, -0.2) is 9.78 Å². The molecule has 0 spiro atoms. The molecule has 10 heteroatoms. The minimum Gasteiger partial charge on any atom is -0.506 e. The Hall–Kier alpha value is -3.30. The number of likely N-dealkylation sites (N-methyl/N-ethyl adjacent to an activating group) is 1. The fourth-order valence-corrected chi connectivity index (χ4v) is 3.27. The second-order valence-corrected chi connectivity index (χ2v) is 8.00. The third kappa shape index (κ3) is 3.82. The molecule has 2 amide bonds. The first-order valence-corrected chi connectivity index (χ1v) is 9.18. The van der Waals surface area contributed by atoms with Gasteiger partial charge in [0.1, 0.15) is 11.4 Å². The monoisotopic (exact) mass is 404 g/mol. The van der Waals surface area contributed by atoms with E-state index in [-0.39, 0.29) is 28.4 Å². The molecule has 3 rings (SSSR count). The van der Waals surface area contributed by atoms with E-state index in [0.29, 0.717) is 13.0 Å². The number of likely N-dealkylation sites (tertiary alicyclic amines) is 1. The van der Waals surface area contributed by atoms with Crippen molar-refractivity contribution in [3.63, 3.8) is 0 Å². The van der Waals surface area contributed by atoms with E-state index in [9.17, 15) is 24.7 Å². The van der Waals surface area contributed by atoms with Crippen LogP contribution in [0, 0.1) is 0 Å². The molecule has 2 N–H and O–H groups in total. The van der Waals surface area contributed by atoms with Crippen molar-refractivity contribution in [2.45, 2.75) is 38.8 Å². The van der Waals surface area contributed by atoms with Crippen molar-refractivity contribution in [1.82, 2.24) is 19.5 Å². The molecule has 1 fully saturated rings. The van der Waals surface area contributed by atoms with Crippen molar-refractivity contribution in [2.75, 3.05) is 20.1 Å². The van der Waals surface area contributed by atoms with Crippen LogP contribution in [0.5, 0.6) is 5.75 Å². The predicted molar refractivity (Wildman–Crippen MR) is 103 cm³/mol. The van der Waals surface area contributed by atoms with Gasteiger partial charge in [-0.2, -0.15) is 0 Å². The van der Waals surface area contributed by atoms with E-state index in [1.807, 2.05) is 0 Å². The van der Waals surface area contributed by atoms with Gasteiger partial charge in [-0.1, -0.05) is 0 Å². The van der Waals surface area contributed by atoms with E-state index >= 15 is 0 Å². The van der Waals surface area contributed by atoms with Crippen molar-refractivity contribution < 1.29 is 24.6 Å². The first-order chi connectivity index (χ1) is 13.5. The fraction of sp³-hybridized carbons (Fsp3) is 0.474. The summed E-state index contributed by atoms with van der Waals surface area (Å²) in [6.07, 6.45) is 1.37. The van der Waals surface area contributed by atoms with Gasteiger partial charge in [-0.3, -0.25) is 9.59 Å². The largest absolute Gasteiger partial charge is 0.506 e. The van der Waals surface area contributed by atoms with Gasteiger partial charge in [0.05, 0.1) is 11.4 Å². The predicted octanol–water partition coefficient (Wildman–Crippen LogP) is 1.42. The number of rotatable bonds is 2. The lowest BCUT2D eigenvalue weighted by Crippen LogP contribution is -2.43. The van der Waals surface area contributed by atoms with Crippen molar-refractivity contribution >= 4 is 23.0 Å². The van der Waals surface area contributed by atoms with E-state index in [4.69, 9.17) is 4.74 Å². The molecule has 2 aromatic heterocycles. The van der Waals surface area contributed by atoms with Crippen LogP contribution < -0.4 is 5.56 Å². The highest BCUT2D eigenvalue weighted by molar-refractivity contribution is 6.01. The standard InChI is InChI=1S/C19H24N4O6/c1-19(2,3)29-18(27)22-9-7-11(10-22)21(4)16(25)13-14(24)12-6-5-8-20-15(12)23(28)17(13)26/h5-6,8,11,24,28H,7,9-10H2,1-4H3. The second kappa shape index (κ2) is 7.26. The zero-order valence-electron chi connectivity index (χ0n) is 16.7. The Morgan fingerprint density at radius 3 is 2.69 bits per heavy atom. The van der Waals surface area contributed by atoms with Gasteiger partial charge >= 0.3 is 11.7 Å². The maximum absolute atomic E-state index is 13.0. The molecule has 0 aromatic carbocycles. The summed E-state index contributed by atoms with van der Waals surface area (Å²) in [4.78, 5) is 44.3. The van der Waals surface area contributed by atoms with Crippen LogP contribution in [0.1, 0.15) is 37.6 Å². The average molecular weight is 404 g/mol. The summed E-state index contributed by atoms with van der Waals surface area (Å²) in [5.74, 6) is -1.29. The molecule has 1 unspecified atom stereocenters. The van der Waals surface area contributed by atoms with Crippen molar-refractivity contribution in [1.29, 1.82) is 0 Å². The molecule has 156 valence electrons. The Kier molecular flexibility index (Phi) is 5.12. The Balaban J connectivity index is 1.85. The van der Waals surface area contributed by atoms with E-state index in [1.54, 1.807) is 20.8 Å². The number of amides is 2. The highest BCUT2D eigenvalue weighted by Gasteiger charge is 2.35. The number of aromatic nitrogens is 2. The van der Waals surface area contributed by atoms with Crippen LogP contribution >= 0.6 is 0 Å². The molecule has 0 saturated carbocycles. The van der Waals surface area contributed by atoms with Crippen LogP contribution in [-0.4, -0.2) is 73.6 Å². The quantitative estimate of drug-likeness (QED) is 0.725. The average Bonchev–Trinajstić information content (AvgIpc) is 3.14. The van der Waals surface area contributed by atoms with E-state index < -0.39 is 34.5 Å². The minimum atomic E-state index is -1.06. The number of nitrogens with zero attached hydrogens (tertiary/aromatic N) is 4. The molecule has 0 radical (unpaired) electrons. The van der Waals surface area contributed by atoms with Gasteiger partial charge in [-0.15, -0.1) is 4.73 Å². The number of carbonyl (C=O) groups excluding carboxylic acids is 2. The maximum Gasteiger partial charge on any atom is 0.410 e. The van der Waals surface area contributed by atoms with Crippen LogP contribution in [0.15, 0.2) is 23.1 Å². The number of carbonyl (C=O) groups is 2. The normalized spacial score (nSPS) is 16.8. The number of hydrogen-bond acceptors (Lipinski definition) is 7. The van der Waals surface area contributed by atoms with Crippen LogP contribution in [0.25, 0.3) is 11.0 Å². The minimum absolute atomic E-state index is 0.0770. The lowest BCUT2D eigenvalue weighted by atomic mass is 10.1. The highest BCUT2D eigenvalue weighted by atomic mass is 16.6. The summed E-state index contributed by atoms with van der Waals surface area (Å²) in [6.45, 7) is 5.94. The Morgan fingerprint density at radius 2 is 2.03 bits per heavy atom. The summed E-state index contributed by atoms with van der Waals surface area (Å²) in [5.41, 5.74) is -2.39. The van der Waals surface area contributed by atoms with Crippen molar-refractivity contribution in [2.24, 2.45) is 0 Å². The topological polar surface area (TPSA) is 125 Å². The van der Waals surface area contributed by atoms with Gasteiger partial charge in [-0.05, 0) is 39.3 Å². The zero-order chi connectivity index (χ0) is 21.5. The molecular formula is C19H24N4O6. The van der Waals surface area contributed by atoms with E-state index in [0.717, 1.165) is 0 Å². The molecule has 1 aliphatic rings. The van der Waals surface area contributed by atoms with Gasteiger partial charge in [0, 0.05) is 26.3 Å². The third-order valence-corrected chi connectivity index (χ3v) is 4.78. The van der Waals surface area contributed by atoms with E-state index in [1.165, 1.54) is 35.2 Å². The first kappa shape index (κ1) is 20.4. The van der Waals surface area contributed by atoms with Crippen LogP contribution in [0.2, 0.25) is 0 Å². The van der Waals surface area contributed by atoms with Crippen LogP contribution in [0.4, 0.5) is 4.79 Å².